The second-order valence-electron chi connectivity index (χ2n) is 9.42. The summed E-state index contributed by atoms with van der Waals surface area (Å²) in [6, 6.07) is 19.0. The van der Waals surface area contributed by atoms with Crippen LogP contribution in [0.15, 0.2) is 73.1 Å². The molecule has 2 saturated heterocycles. The van der Waals surface area contributed by atoms with E-state index in [2.05, 4.69) is 20.8 Å². The number of hydrogen-bond acceptors (Lipinski definition) is 7. The fourth-order valence-corrected chi connectivity index (χ4v) is 4.70. The van der Waals surface area contributed by atoms with Crippen molar-refractivity contribution in [3.8, 4) is 11.1 Å². The van der Waals surface area contributed by atoms with E-state index in [4.69, 9.17) is 14.2 Å². The SMILES string of the molecule is CC1(C)O[C@@H]2C(CNC(=O)c3ccc(-c4ccccc4)cc3)OC[C@]2(CNC(=O)c2ccnnc2)O1. The van der Waals surface area contributed by atoms with Crippen molar-refractivity contribution >= 4 is 11.8 Å². The molecule has 2 aliphatic rings. The highest BCUT2D eigenvalue weighted by molar-refractivity contribution is 5.95. The zero-order valence-corrected chi connectivity index (χ0v) is 20.1. The number of fused-ring (bicyclic) bond motifs is 1. The molecule has 9 heteroatoms. The summed E-state index contributed by atoms with van der Waals surface area (Å²) in [5.41, 5.74) is 2.22. The van der Waals surface area contributed by atoms with Gasteiger partial charge in [0.15, 0.2) is 5.79 Å². The number of benzene rings is 2. The Balaban J connectivity index is 1.21. The Hall–Kier alpha value is -3.66. The van der Waals surface area contributed by atoms with Crippen molar-refractivity contribution in [3.05, 3.63) is 84.2 Å². The maximum Gasteiger partial charge on any atom is 0.253 e. The molecule has 9 nitrogen and oxygen atoms in total. The minimum absolute atomic E-state index is 0.188. The van der Waals surface area contributed by atoms with E-state index in [0.29, 0.717) is 11.1 Å². The molecule has 5 rings (SSSR count). The number of nitrogens with zero attached hydrogens (tertiary/aromatic N) is 2. The van der Waals surface area contributed by atoms with Crippen molar-refractivity contribution in [2.45, 2.75) is 37.4 Å². The lowest BCUT2D eigenvalue weighted by atomic mass is 9.96. The molecule has 1 aromatic heterocycles. The smallest absolute Gasteiger partial charge is 0.253 e. The highest BCUT2D eigenvalue weighted by Gasteiger charge is 2.61. The van der Waals surface area contributed by atoms with Crippen LogP contribution in [0.4, 0.5) is 0 Å². The molecule has 3 atom stereocenters. The molecular weight excluding hydrogens is 460 g/mol. The molecule has 0 bridgehead atoms. The number of hydrogen-bond donors (Lipinski definition) is 2. The van der Waals surface area contributed by atoms with Crippen LogP contribution >= 0.6 is 0 Å². The van der Waals surface area contributed by atoms with Gasteiger partial charge >= 0.3 is 0 Å². The second kappa shape index (κ2) is 9.77. The summed E-state index contributed by atoms with van der Waals surface area (Å²) >= 11 is 0. The third-order valence-electron chi connectivity index (χ3n) is 6.37. The average Bonchev–Trinajstić information content (AvgIpc) is 3.36. The highest BCUT2D eigenvalue weighted by atomic mass is 16.8. The standard InChI is InChI=1S/C27H28N4O5/c1-26(2)35-23-22(34-17-27(23,36-26)16-29-25(33)21-12-13-30-31-14-21)15-28-24(32)20-10-8-19(9-11-20)18-6-4-3-5-7-18/h3-14,22-23H,15-17H2,1-2H3,(H,28,32)(H,29,33)/t22?,23-,27+/m1/s1. The Morgan fingerprint density at radius 2 is 1.64 bits per heavy atom. The number of carbonyl (C=O) groups excluding carboxylic acids is 2. The predicted molar refractivity (Wildman–Crippen MR) is 131 cm³/mol. The molecule has 2 aliphatic heterocycles. The first-order valence-corrected chi connectivity index (χ1v) is 11.8. The lowest BCUT2D eigenvalue weighted by molar-refractivity contribution is -0.188. The largest absolute Gasteiger partial charge is 0.370 e. The fraction of sp³-hybridized carbons (Fsp3) is 0.333. The summed E-state index contributed by atoms with van der Waals surface area (Å²) in [5.74, 6) is -1.35. The molecule has 0 aliphatic carbocycles. The van der Waals surface area contributed by atoms with Crippen LogP contribution in [0.5, 0.6) is 0 Å². The van der Waals surface area contributed by atoms with Crippen LogP contribution in [0.3, 0.4) is 0 Å². The van der Waals surface area contributed by atoms with E-state index in [0.717, 1.165) is 11.1 Å². The summed E-state index contributed by atoms with van der Waals surface area (Å²) in [6.45, 7) is 4.31. The van der Waals surface area contributed by atoms with Gasteiger partial charge in [0.1, 0.15) is 17.8 Å². The minimum atomic E-state index is -0.869. The first-order chi connectivity index (χ1) is 17.4. The van der Waals surface area contributed by atoms with Crippen LogP contribution in [0, 0.1) is 0 Å². The summed E-state index contributed by atoms with van der Waals surface area (Å²) < 4.78 is 18.4. The molecule has 2 fully saturated rings. The molecule has 2 amide bonds. The van der Waals surface area contributed by atoms with Crippen molar-refractivity contribution < 1.29 is 23.8 Å². The van der Waals surface area contributed by atoms with Crippen molar-refractivity contribution in [2.24, 2.45) is 0 Å². The van der Waals surface area contributed by atoms with Crippen LogP contribution in [0.2, 0.25) is 0 Å². The first kappa shape index (κ1) is 24.1. The van der Waals surface area contributed by atoms with E-state index in [1.54, 1.807) is 18.2 Å². The van der Waals surface area contributed by atoms with E-state index < -0.39 is 23.6 Å². The summed E-state index contributed by atoms with van der Waals surface area (Å²) in [7, 11) is 0. The molecule has 2 aromatic carbocycles. The van der Waals surface area contributed by atoms with Crippen molar-refractivity contribution in [2.75, 3.05) is 19.7 Å². The number of amides is 2. The normalized spacial score (nSPS) is 24.2. The van der Waals surface area contributed by atoms with E-state index in [1.807, 2.05) is 56.3 Å². The van der Waals surface area contributed by atoms with Crippen LogP contribution in [0.1, 0.15) is 34.6 Å². The Kier molecular flexibility index (Phi) is 6.53. The second-order valence-corrected chi connectivity index (χ2v) is 9.42. The van der Waals surface area contributed by atoms with E-state index >= 15 is 0 Å². The minimum Gasteiger partial charge on any atom is -0.370 e. The number of ether oxygens (including phenoxy) is 3. The average molecular weight is 489 g/mol. The third kappa shape index (κ3) is 4.99. The number of nitrogens with one attached hydrogen (secondary N) is 2. The van der Waals surface area contributed by atoms with E-state index in [9.17, 15) is 9.59 Å². The summed E-state index contributed by atoms with van der Waals surface area (Å²) in [6.07, 6.45) is 1.96. The maximum atomic E-state index is 12.8. The van der Waals surface area contributed by atoms with Crippen molar-refractivity contribution in [1.82, 2.24) is 20.8 Å². The quantitative estimate of drug-likeness (QED) is 0.526. The predicted octanol–water partition coefficient (Wildman–Crippen LogP) is 2.59. The van der Waals surface area contributed by atoms with Gasteiger partial charge in [0.05, 0.1) is 31.1 Å². The third-order valence-corrected chi connectivity index (χ3v) is 6.37. The van der Waals surface area contributed by atoms with Gasteiger partial charge < -0.3 is 24.8 Å². The van der Waals surface area contributed by atoms with Gasteiger partial charge in [-0.2, -0.15) is 10.2 Å². The van der Waals surface area contributed by atoms with Gasteiger partial charge in [-0.05, 0) is 43.2 Å². The Bertz CT molecular complexity index is 1220. The van der Waals surface area contributed by atoms with Gasteiger partial charge in [-0.1, -0.05) is 42.5 Å². The topological polar surface area (TPSA) is 112 Å². The van der Waals surface area contributed by atoms with Crippen LogP contribution in [-0.2, 0) is 14.2 Å². The molecule has 36 heavy (non-hydrogen) atoms. The number of aromatic nitrogens is 2. The van der Waals surface area contributed by atoms with Crippen molar-refractivity contribution in [1.29, 1.82) is 0 Å². The van der Waals surface area contributed by atoms with Gasteiger partial charge in [-0.3, -0.25) is 9.59 Å². The van der Waals surface area contributed by atoms with E-state index in [-0.39, 0.29) is 31.5 Å². The Morgan fingerprint density at radius 1 is 0.917 bits per heavy atom. The summed E-state index contributed by atoms with van der Waals surface area (Å²) in [4.78, 5) is 25.4. The maximum absolute atomic E-state index is 12.8. The zero-order valence-electron chi connectivity index (χ0n) is 20.1. The van der Waals surface area contributed by atoms with Gasteiger partial charge in [-0.15, -0.1) is 0 Å². The molecule has 0 radical (unpaired) electrons. The molecule has 186 valence electrons. The van der Waals surface area contributed by atoms with Gasteiger partial charge in [-0.25, -0.2) is 0 Å². The molecular formula is C27H28N4O5. The first-order valence-electron chi connectivity index (χ1n) is 11.8. The van der Waals surface area contributed by atoms with Gasteiger partial charge in [0.2, 0.25) is 0 Å². The lowest BCUT2D eigenvalue weighted by Gasteiger charge is -2.27. The highest BCUT2D eigenvalue weighted by Crippen LogP contribution is 2.43. The van der Waals surface area contributed by atoms with Crippen LogP contribution < -0.4 is 10.6 Å². The van der Waals surface area contributed by atoms with Crippen LogP contribution in [0.25, 0.3) is 11.1 Å². The Labute approximate surface area is 209 Å². The summed E-state index contributed by atoms with van der Waals surface area (Å²) in [5, 5.41) is 13.3. The number of carbonyl (C=O) groups is 2. The Morgan fingerprint density at radius 3 is 2.36 bits per heavy atom. The zero-order chi connectivity index (χ0) is 25.2. The molecule has 0 spiro atoms. The van der Waals surface area contributed by atoms with Gasteiger partial charge in [0, 0.05) is 12.1 Å². The fourth-order valence-electron chi connectivity index (χ4n) is 4.70. The lowest BCUT2D eigenvalue weighted by Crippen LogP contribution is -2.52. The molecule has 3 aromatic rings. The van der Waals surface area contributed by atoms with Gasteiger partial charge in [0.25, 0.3) is 11.8 Å². The van der Waals surface area contributed by atoms with E-state index in [1.165, 1.54) is 12.4 Å². The number of rotatable bonds is 7. The van der Waals surface area contributed by atoms with Crippen LogP contribution in [-0.4, -0.2) is 65.3 Å². The monoisotopic (exact) mass is 488 g/mol. The molecule has 0 saturated carbocycles. The molecule has 3 heterocycles. The molecule has 1 unspecified atom stereocenters. The molecule has 2 N–H and O–H groups in total. The van der Waals surface area contributed by atoms with Crippen molar-refractivity contribution in [3.63, 3.8) is 0 Å².